The fourth-order valence-electron chi connectivity index (χ4n) is 4.80. The van der Waals surface area contributed by atoms with Gasteiger partial charge in [-0.3, -0.25) is 0 Å². The van der Waals surface area contributed by atoms with Crippen LogP contribution in [0.5, 0.6) is 0 Å². The van der Waals surface area contributed by atoms with E-state index in [2.05, 4.69) is 11.4 Å². The van der Waals surface area contributed by atoms with Gasteiger partial charge in [-0.25, -0.2) is 6.57 Å². The summed E-state index contributed by atoms with van der Waals surface area (Å²) >= 11 is 0. The molecular weight excluding hydrogens is 248 g/mol. The van der Waals surface area contributed by atoms with Crippen LogP contribution >= 0.6 is 0 Å². The first kappa shape index (κ1) is 14.1. The number of aliphatic hydroxyl groups excluding tert-OH is 1. The third kappa shape index (κ3) is 2.10. The molecule has 3 fully saturated rings. The second kappa shape index (κ2) is 5.16. The maximum absolute atomic E-state index is 9.92. The molecule has 5 atom stereocenters. The van der Waals surface area contributed by atoms with Crippen molar-refractivity contribution in [2.24, 2.45) is 28.9 Å². The molecule has 3 heteroatoms. The Bertz CT molecular complexity index is 433. The van der Waals surface area contributed by atoms with E-state index >= 15 is 0 Å². The SMILES string of the molecule is [C-]#[N+][C@@H]1C[C@@H]2CC2C1C(=C)C(N)C1(CO)CCCCC1. The molecule has 3 nitrogen and oxygen atoms in total. The maximum Gasteiger partial charge on any atom is 0.230 e. The molecule has 0 aromatic rings. The summed E-state index contributed by atoms with van der Waals surface area (Å²) in [4.78, 5) is 3.82. The summed E-state index contributed by atoms with van der Waals surface area (Å²) in [6.07, 6.45) is 7.88. The van der Waals surface area contributed by atoms with Gasteiger partial charge in [-0.15, -0.1) is 0 Å². The minimum Gasteiger partial charge on any atom is -0.396 e. The quantitative estimate of drug-likeness (QED) is 0.612. The van der Waals surface area contributed by atoms with Crippen LogP contribution in [-0.4, -0.2) is 23.8 Å². The Hall–Kier alpha value is -0.850. The molecule has 3 unspecified atom stereocenters. The van der Waals surface area contributed by atoms with Gasteiger partial charge in [0.1, 0.15) is 0 Å². The number of rotatable bonds is 4. The van der Waals surface area contributed by atoms with Crippen LogP contribution < -0.4 is 5.73 Å². The van der Waals surface area contributed by atoms with Crippen LogP contribution in [-0.2, 0) is 0 Å². The Balaban J connectivity index is 1.77. The molecule has 0 spiro atoms. The first-order chi connectivity index (χ1) is 9.63. The van der Waals surface area contributed by atoms with Crippen molar-refractivity contribution in [1.82, 2.24) is 0 Å². The number of hydrogen-bond acceptors (Lipinski definition) is 2. The van der Waals surface area contributed by atoms with Gasteiger partial charge in [-0.2, -0.15) is 0 Å². The standard InChI is InChI=1S/C17H26N2O/c1-11(15-13-8-12(13)9-14(15)19-2)16(18)17(10-20)6-4-3-5-7-17/h12-16,20H,1,3-10,18H2/t12-,13?,14+,15?,16?/m0/s1. The normalized spacial score (nSPS) is 39.6. The predicted molar refractivity (Wildman–Crippen MR) is 79.8 cm³/mol. The highest BCUT2D eigenvalue weighted by atomic mass is 16.3. The van der Waals surface area contributed by atoms with Crippen LogP contribution in [0.1, 0.15) is 44.9 Å². The smallest absolute Gasteiger partial charge is 0.230 e. The average Bonchev–Trinajstić information content (AvgIpc) is 3.17. The lowest BCUT2D eigenvalue weighted by molar-refractivity contribution is 0.0634. The van der Waals surface area contributed by atoms with E-state index in [1.54, 1.807) is 0 Å². The third-order valence-corrected chi connectivity index (χ3v) is 6.21. The topological polar surface area (TPSA) is 50.6 Å². The number of fused-ring (bicyclic) bond motifs is 1. The van der Waals surface area contributed by atoms with Crippen LogP contribution in [0, 0.1) is 29.7 Å². The highest BCUT2D eigenvalue weighted by molar-refractivity contribution is 5.26. The van der Waals surface area contributed by atoms with Crippen molar-refractivity contribution in [3.8, 4) is 0 Å². The Morgan fingerprint density at radius 3 is 2.65 bits per heavy atom. The zero-order valence-electron chi connectivity index (χ0n) is 12.2. The summed E-state index contributed by atoms with van der Waals surface area (Å²) in [6.45, 7) is 11.9. The second-order valence-corrected chi connectivity index (χ2v) is 7.25. The number of hydrogen-bond donors (Lipinski definition) is 2. The van der Waals surface area contributed by atoms with Gasteiger partial charge in [0.25, 0.3) is 0 Å². The van der Waals surface area contributed by atoms with E-state index in [4.69, 9.17) is 12.3 Å². The fourth-order valence-corrected chi connectivity index (χ4v) is 4.80. The van der Waals surface area contributed by atoms with E-state index in [9.17, 15) is 5.11 Å². The molecule has 0 aromatic carbocycles. The van der Waals surface area contributed by atoms with Gasteiger partial charge in [0.05, 0.1) is 12.5 Å². The minimum absolute atomic E-state index is 0.0941. The van der Waals surface area contributed by atoms with Crippen molar-refractivity contribution in [2.75, 3.05) is 6.61 Å². The van der Waals surface area contributed by atoms with E-state index in [0.29, 0.717) is 5.92 Å². The molecule has 0 amide bonds. The monoisotopic (exact) mass is 274 g/mol. The van der Waals surface area contributed by atoms with Crippen molar-refractivity contribution in [3.05, 3.63) is 23.6 Å². The Morgan fingerprint density at radius 2 is 2.05 bits per heavy atom. The van der Waals surface area contributed by atoms with Gasteiger partial charge in [-0.1, -0.05) is 25.8 Å². The zero-order chi connectivity index (χ0) is 14.3. The van der Waals surface area contributed by atoms with E-state index in [0.717, 1.165) is 43.6 Å². The molecule has 0 saturated heterocycles. The van der Waals surface area contributed by atoms with Crippen molar-refractivity contribution in [3.63, 3.8) is 0 Å². The van der Waals surface area contributed by atoms with Crippen molar-refractivity contribution >= 4 is 0 Å². The molecule has 3 rings (SSSR count). The van der Waals surface area contributed by atoms with Gasteiger partial charge in [0.2, 0.25) is 6.04 Å². The van der Waals surface area contributed by atoms with Gasteiger partial charge >= 0.3 is 0 Å². The lowest BCUT2D eigenvalue weighted by Crippen LogP contribution is -2.48. The van der Waals surface area contributed by atoms with Crippen molar-refractivity contribution < 1.29 is 5.11 Å². The van der Waals surface area contributed by atoms with Gasteiger partial charge in [0, 0.05) is 17.9 Å². The fraction of sp³-hybridized carbons (Fsp3) is 0.824. The zero-order valence-corrected chi connectivity index (χ0v) is 12.2. The van der Waals surface area contributed by atoms with E-state index in [-0.39, 0.29) is 30.0 Å². The van der Waals surface area contributed by atoms with Crippen LogP contribution in [0.15, 0.2) is 12.2 Å². The molecule has 3 saturated carbocycles. The summed E-state index contributed by atoms with van der Waals surface area (Å²) < 4.78 is 0. The summed E-state index contributed by atoms with van der Waals surface area (Å²) in [5, 5.41) is 9.92. The molecule has 0 aromatic heterocycles. The molecule has 0 bridgehead atoms. The molecule has 110 valence electrons. The summed E-state index contributed by atoms with van der Waals surface area (Å²) in [5.74, 6) is 1.70. The predicted octanol–water partition coefficient (Wildman–Crippen LogP) is 2.76. The largest absolute Gasteiger partial charge is 0.396 e. The van der Waals surface area contributed by atoms with Gasteiger partial charge < -0.3 is 15.7 Å². The average molecular weight is 274 g/mol. The summed E-state index contributed by atoms with van der Waals surface area (Å²) in [7, 11) is 0. The van der Waals surface area contributed by atoms with Gasteiger partial charge in [0.15, 0.2) is 0 Å². The van der Waals surface area contributed by atoms with Crippen LogP contribution in [0.3, 0.4) is 0 Å². The van der Waals surface area contributed by atoms with E-state index in [1.165, 1.54) is 12.8 Å². The molecule has 0 aliphatic heterocycles. The highest BCUT2D eigenvalue weighted by Gasteiger charge is 2.59. The molecule has 3 aliphatic carbocycles. The second-order valence-electron chi connectivity index (χ2n) is 7.25. The Labute approximate surface area is 122 Å². The summed E-state index contributed by atoms with van der Waals surface area (Å²) in [5.41, 5.74) is 7.44. The first-order valence-corrected chi connectivity index (χ1v) is 8.04. The molecular formula is C17H26N2O. The van der Waals surface area contributed by atoms with Crippen LogP contribution in [0.2, 0.25) is 0 Å². The molecule has 0 radical (unpaired) electrons. The third-order valence-electron chi connectivity index (χ3n) is 6.21. The number of aliphatic hydroxyl groups is 1. The van der Waals surface area contributed by atoms with E-state index in [1.807, 2.05) is 0 Å². The number of nitrogens with two attached hydrogens (primary N) is 1. The lowest BCUT2D eigenvalue weighted by Gasteiger charge is -2.42. The lowest BCUT2D eigenvalue weighted by atomic mass is 9.66. The Kier molecular flexibility index (Phi) is 3.64. The van der Waals surface area contributed by atoms with Crippen LogP contribution in [0.25, 0.3) is 4.85 Å². The summed E-state index contributed by atoms with van der Waals surface area (Å²) in [6, 6.07) is -0.0435. The molecule has 20 heavy (non-hydrogen) atoms. The molecule has 3 aliphatic rings. The maximum atomic E-state index is 9.92. The molecule has 0 heterocycles. The Morgan fingerprint density at radius 1 is 1.35 bits per heavy atom. The first-order valence-electron chi connectivity index (χ1n) is 8.04. The minimum atomic E-state index is -0.172. The van der Waals surface area contributed by atoms with Crippen LogP contribution in [0.4, 0.5) is 0 Å². The molecule has 3 N–H and O–H groups in total. The van der Waals surface area contributed by atoms with Gasteiger partial charge in [-0.05, 0) is 36.7 Å². The van der Waals surface area contributed by atoms with Crippen molar-refractivity contribution in [2.45, 2.75) is 57.0 Å². The number of nitrogens with zero attached hydrogens (tertiary/aromatic N) is 1. The highest BCUT2D eigenvalue weighted by Crippen LogP contribution is 2.59. The van der Waals surface area contributed by atoms with Crippen molar-refractivity contribution in [1.29, 1.82) is 0 Å². The van der Waals surface area contributed by atoms with E-state index < -0.39 is 0 Å².